The second-order valence-corrected chi connectivity index (χ2v) is 7.25. The van der Waals surface area contributed by atoms with Crippen molar-refractivity contribution in [1.29, 1.82) is 0 Å². The molecule has 6 nitrogen and oxygen atoms in total. The summed E-state index contributed by atoms with van der Waals surface area (Å²) < 4.78 is 7.27. The first-order chi connectivity index (χ1) is 13.3. The van der Waals surface area contributed by atoms with Crippen molar-refractivity contribution in [2.24, 2.45) is 0 Å². The number of aliphatic hydroxyl groups excluding tert-OH is 1. The Bertz CT molecular complexity index is 903. The Morgan fingerprint density at radius 1 is 1.11 bits per heavy atom. The predicted octanol–water partition coefficient (Wildman–Crippen LogP) is 4.94. The van der Waals surface area contributed by atoms with E-state index >= 15 is 0 Å². The van der Waals surface area contributed by atoms with Crippen molar-refractivity contribution in [3.05, 3.63) is 69.7 Å². The molecule has 1 heterocycles. The molecule has 1 unspecified atom stereocenters. The third-order valence-corrected chi connectivity index (χ3v) is 4.42. The lowest BCUT2D eigenvalue weighted by atomic mass is 9.96. The van der Waals surface area contributed by atoms with E-state index in [4.69, 9.17) is 44.6 Å². The number of ether oxygens (including phenoxy) is 1. The number of hydrogen-bond donors (Lipinski definition) is 2. The number of benzene rings is 2. The molecule has 28 heavy (non-hydrogen) atoms. The fourth-order valence-corrected chi connectivity index (χ4v) is 3.22. The van der Waals surface area contributed by atoms with E-state index in [0.29, 0.717) is 32.1 Å². The van der Waals surface area contributed by atoms with E-state index in [1.807, 2.05) is 0 Å². The SMILES string of the molecule is CC(O)(Cn1cncn1)c1ccc(Oc2ccc(Cl)cc2Cl)cc1Cl.CCO. The summed E-state index contributed by atoms with van der Waals surface area (Å²) in [6.07, 6.45) is 2.94. The van der Waals surface area contributed by atoms with Crippen LogP contribution >= 0.6 is 34.8 Å². The Labute approximate surface area is 178 Å². The molecule has 0 aliphatic carbocycles. The molecule has 0 bridgehead atoms. The molecule has 0 saturated carbocycles. The molecule has 0 fully saturated rings. The Kier molecular flexibility index (Phi) is 8.10. The zero-order chi connectivity index (χ0) is 20.7. The molecule has 2 N–H and O–H groups in total. The fraction of sp³-hybridized carbons (Fsp3) is 0.263. The largest absolute Gasteiger partial charge is 0.456 e. The number of aliphatic hydroxyl groups is 2. The average Bonchev–Trinajstić information content (AvgIpc) is 3.10. The quantitative estimate of drug-likeness (QED) is 0.583. The van der Waals surface area contributed by atoms with Gasteiger partial charge in [0.1, 0.15) is 29.8 Å². The molecular weight excluding hydrogens is 425 g/mol. The van der Waals surface area contributed by atoms with Crippen LogP contribution < -0.4 is 4.74 Å². The lowest BCUT2D eigenvalue weighted by Gasteiger charge is -2.25. The van der Waals surface area contributed by atoms with E-state index in [2.05, 4.69) is 10.1 Å². The molecule has 0 spiro atoms. The van der Waals surface area contributed by atoms with Gasteiger partial charge < -0.3 is 14.9 Å². The number of rotatable bonds is 5. The van der Waals surface area contributed by atoms with Gasteiger partial charge in [-0.25, -0.2) is 9.67 Å². The summed E-state index contributed by atoms with van der Waals surface area (Å²) in [5.74, 6) is 0.957. The highest BCUT2D eigenvalue weighted by Crippen LogP contribution is 2.36. The standard InChI is InChI=1S/C17H14Cl3N3O2.C2H6O/c1-17(24,8-23-10-21-9-22-23)13-4-3-12(7-14(13)19)25-16-5-2-11(18)6-15(16)20;1-2-3/h2-7,9-10,24H,8H2,1H3;3H,2H2,1H3. The summed E-state index contributed by atoms with van der Waals surface area (Å²) in [4.78, 5) is 3.86. The van der Waals surface area contributed by atoms with Crippen molar-refractivity contribution in [2.75, 3.05) is 6.61 Å². The molecule has 9 heteroatoms. The molecule has 0 saturated heterocycles. The smallest absolute Gasteiger partial charge is 0.146 e. The Balaban J connectivity index is 0.000000878. The molecule has 150 valence electrons. The maximum Gasteiger partial charge on any atom is 0.146 e. The van der Waals surface area contributed by atoms with E-state index in [1.165, 1.54) is 17.3 Å². The normalized spacial score (nSPS) is 12.7. The van der Waals surface area contributed by atoms with Crippen molar-refractivity contribution in [3.8, 4) is 11.5 Å². The van der Waals surface area contributed by atoms with Gasteiger partial charge in [-0.05, 0) is 44.2 Å². The first-order valence-electron chi connectivity index (χ1n) is 8.35. The number of aromatic nitrogens is 3. The Hall–Kier alpha value is -1.83. The molecule has 3 aromatic rings. The Morgan fingerprint density at radius 2 is 1.82 bits per heavy atom. The van der Waals surface area contributed by atoms with Gasteiger partial charge in [0.25, 0.3) is 0 Å². The van der Waals surface area contributed by atoms with Gasteiger partial charge in [-0.2, -0.15) is 5.10 Å². The third-order valence-electron chi connectivity index (χ3n) is 3.58. The second-order valence-electron chi connectivity index (χ2n) is 6.00. The summed E-state index contributed by atoms with van der Waals surface area (Å²) >= 11 is 18.3. The van der Waals surface area contributed by atoms with Gasteiger partial charge in [0.15, 0.2) is 0 Å². The monoisotopic (exact) mass is 443 g/mol. The van der Waals surface area contributed by atoms with Crippen LogP contribution in [0.25, 0.3) is 0 Å². The topological polar surface area (TPSA) is 80.4 Å². The highest BCUT2D eigenvalue weighted by Gasteiger charge is 2.27. The van der Waals surface area contributed by atoms with Gasteiger partial charge in [0.05, 0.1) is 16.6 Å². The fourth-order valence-electron chi connectivity index (χ4n) is 2.40. The van der Waals surface area contributed by atoms with Crippen LogP contribution in [0.5, 0.6) is 11.5 Å². The van der Waals surface area contributed by atoms with Crippen LogP contribution in [0.15, 0.2) is 49.1 Å². The van der Waals surface area contributed by atoms with E-state index in [0.717, 1.165) is 0 Å². The maximum absolute atomic E-state index is 10.7. The zero-order valence-electron chi connectivity index (χ0n) is 15.3. The van der Waals surface area contributed by atoms with Gasteiger partial charge in [0, 0.05) is 17.2 Å². The van der Waals surface area contributed by atoms with Gasteiger partial charge >= 0.3 is 0 Å². The van der Waals surface area contributed by atoms with E-state index in [9.17, 15) is 5.11 Å². The third kappa shape index (κ3) is 6.09. The van der Waals surface area contributed by atoms with Crippen LogP contribution in [0.4, 0.5) is 0 Å². The van der Waals surface area contributed by atoms with Crippen molar-refractivity contribution < 1.29 is 14.9 Å². The molecule has 3 rings (SSSR count). The van der Waals surface area contributed by atoms with Crippen molar-refractivity contribution >= 4 is 34.8 Å². The maximum atomic E-state index is 10.7. The van der Waals surface area contributed by atoms with Crippen LogP contribution in [0.1, 0.15) is 19.4 Å². The van der Waals surface area contributed by atoms with Crippen molar-refractivity contribution in [1.82, 2.24) is 14.8 Å². The van der Waals surface area contributed by atoms with Crippen LogP contribution in [-0.4, -0.2) is 31.6 Å². The highest BCUT2D eigenvalue weighted by molar-refractivity contribution is 6.35. The molecule has 2 aromatic carbocycles. The molecule has 0 radical (unpaired) electrons. The second kappa shape index (κ2) is 10.1. The summed E-state index contributed by atoms with van der Waals surface area (Å²) in [7, 11) is 0. The lowest BCUT2D eigenvalue weighted by molar-refractivity contribution is 0.0346. The minimum absolute atomic E-state index is 0.218. The molecule has 0 aliphatic heterocycles. The molecule has 0 amide bonds. The minimum atomic E-state index is -1.22. The van der Waals surface area contributed by atoms with Gasteiger partial charge in [-0.15, -0.1) is 0 Å². The van der Waals surface area contributed by atoms with Gasteiger partial charge in [0.2, 0.25) is 0 Å². The number of hydrogen-bond acceptors (Lipinski definition) is 5. The van der Waals surface area contributed by atoms with Gasteiger partial charge in [-0.1, -0.05) is 40.9 Å². The first-order valence-corrected chi connectivity index (χ1v) is 9.48. The van der Waals surface area contributed by atoms with Crippen molar-refractivity contribution in [3.63, 3.8) is 0 Å². The summed E-state index contributed by atoms with van der Waals surface area (Å²) in [6, 6.07) is 9.99. The Morgan fingerprint density at radius 3 is 2.39 bits per heavy atom. The zero-order valence-corrected chi connectivity index (χ0v) is 17.6. The molecule has 1 aromatic heterocycles. The number of nitrogens with zero attached hydrogens (tertiary/aromatic N) is 3. The van der Waals surface area contributed by atoms with E-state index < -0.39 is 5.60 Å². The summed E-state index contributed by atoms with van der Waals surface area (Å²) in [6.45, 7) is 3.81. The number of halogens is 3. The van der Waals surface area contributed by atoms with E-state index in [1.54, 1.807) is 50.2 Å². The predicted molar refractivity (Wildman–Crippen MR) is 110 cm³/mol. The molecule has 0 aliphatic rings. The van der Waals surface area contributed by atoms with Crippen LogP contribution in [0.3, 0.4) is 0 Å². The summed E-state index contributed by atoms with van der Waals surface area (Å²) in [5, 5.41) is 23.6. The first kappa shape index (κ1) is 22.5. The average molecular weight is 445 g/mol. The van der Waals surface area contributed by atoms with Crippen molar-refractivity contribution in [2.45, 2.75) is 26.0 Å². The summed E-state index contributed by atoms with van der Waals surface area (Å²) in [5.41, 5.74) is -0.666. The minimum Gasteiger partial charge on any atom is -0.456 e. The van der Waals surface area contributed by atoms with E-state index in [-0.39, 0.29) is 13.2 Å². The van der Waals surface area contributed by atoms with Crippen LogP contribution in [0, 0.1) is 0 Å². The molecule has 1 atom stereocenters. The lowest BCUT2D eigenvalue weighted by Crippen LogP contribution is -2.28. The van der Waals surface area contributed by atoms with Crippen LogP contribution in [0.2, 0.25) is 15.1 Å². The molecular formula is C19H20Cl3N3O3. The highest BCUT2D eigenvalue weighted by atomic mass is 35.5. The van der Waals surface area contributed by atoms with Gasteiger partial charge in [-0.3, -0.25) is 0 Å². The van der Waals surface area contributed by atoms with Crippen LogP contribution in [-0.2, 0) is 12.1 Å².